The highest BCUT2D eigenvalue weighted by molar-refractivity contribution is 7.98. The second kappa shape index (κ2) is 7.85. The number of rotatable bonds is 5. The Kier molecular flexibility index (Phi) is 5.35. The van der Waals surface area contributed by atoms with Gasteiger partial charge in [0, 0.05) is 17.0 Å². The third kappa shape index (κ3) is 3.93. The van der Waals surface area contributed by atoms with Gasteiger partial charge < -0.3 is 5.11 Å². The minimum absolute atomic E-state index is 0.255. The topological polar surface area (TPSA) is 74.0 Å². The lowest BCUT2D eigenvalue weighted by atomic mass is 10.0. The number of nitriles is 1. The maximum atomic E-state index is 11.1. The van der Waals surface area contributed by atoms with E-state index in [0.717, 1.165) is 22.4 Å². The van der Waals surface area contributed by atoms with E-state index >= 15 is 0 Å². The number of carboxylic acids is 1. The van der Waals surface area contributed by atoms with Crippen LogP contribution in [0.25, 0.3) is 11.1 Å². The Morgan fingerprint density at radius 2 is 1.92 bits per heavy atom. The van der Waals surface area contributed by atoms with Gasteiger partial charge in [-0.1, -0.05) is 42.5 Å². The number of hydrogen-bond acceptors (Lipinski definition) is 4. The second-order valence-electron chi connectivity index (χ2n) is 5.76. The molecule has 1 N–H and O–H groups in total. The summed E-state index contributed by atoms with van der Waals surface area (Å²) in [7, 11) is 0. The van der Waals surface area contributed by atoms with Gasteiger partial charge in [-0.25, -0.2) is 9.78 Å². The highest BCUT2D eigenvalue weighted by atomic mass is 32.2. The Morgan fingerprint density at radius 3 is 2.62 bits per heavy atom. The van der Waals surface area contributed by atoms with Crippen molar-refractivity contribution >= 4 is 17.7 Å². The zero-order valence-corrected chi connectivity index (χ0v) is 15.0. The van der Waals surface area contributed by atoms with E-state index in [4.69, 9.17) is 5.11 Å². The Balaban J connectivity index is 1.93. The fraction of sp³-hybridized carbons (Fsp3) is 0.0952. The van der Waals surface area contributed by atoms with Crippen molar-refractivity contribution in [1.29, 1.82) is 5.26 Å². The van der Waals surface area contributed by atoms with Crippen LogP contribution >= 0.6 is 11.8 Å². The van der Waals surface area contributed by atoms with Crippen LogP contribution in [0.15, 0.2) is 65.7 Å². The molecule has 0 unspecified atom stereocenters. The van der Waals surface area contributed by atoms with Crippen LogP contribution in [-0.2, 0) is 5.75 Å². The van der Waals surface area contributed by atoms with Crippen molar-refractivity contribution in [1.82, 2.24) is 4.98 Å². The number of thioether (sulfide) groups is 1. The Morgan fingerprint density at radius 1 is 1.15 bits per heavy atom. The molecule has 128 valence electrons. The normalized spacial score (nSPS) is 10.3. The van der Waals surface area contributed by atoms with E-state index in [9.17, 15) is 10.1 Å². The van der Waals surface area contributed by atoms with Gasteiger partial charge in [0.05, 0.1) is 11.1 Å². The minimum atomic E-state index is -0.949. The first-order valence-corrected chi connectivity index (χ1v) is 8.99. The predicted octanol–water partition coefficient (Wildman–Crippen LogP) is 4.92. The quantitative estimate of drug-likeness (QED) is 0.654. The van der Waals surface area contributed by atoms with Crippen LogP contribution in [0.5, 0.6) is 0 Å². The molecule has 26 heavy (non-hydrogen) atoms. The molecule has 0 saturated heterocycles. The first-order chi connectivity index (χ1) is 12.6. The molecule has 0 atom stereocenters. The number of benzene rings is 2. The van der Waals surface area contributed by atoms with Gasteiger partial charge in [-0.2, -0.15) is 5.26 Å². The summed E-state index contributed by atoms with van der Waals surface area (Å²) < 4.78 is 0. The molecule has 4 nitrogen and oxygen atoms in total. The molecule has 0 spiro atoms. The molecule has 0 bridgehead atoms. The second-order valence-corrected chi connectivity index (χ2v) is 6.73. The predicted molar refractivity (Wildman–Crippen MR) is 102 cm³/mol. The Bertz CT molecular complexity index is 995. The summed E-state index contributed by atoms with van der Waals surface area (Å²) in [5.74, 6) is -0.407. The van der Waals surface area contributed by atoms with E-state index in [1.807, 2.05) is 49.4 Å². The lowest BCUT2D eigenvalue weighted by molar-refractivity contribution is 0.0697. The van der Waals surface area contributed by atoms with Crippen molar-refractivity contribution in [3.05, 3.63) is 83.0 Å². The fourth-order valence-electron chi connectivity index (χ4n) is 2.65. The zero-order chi connectivity index (χ0) is 18.5. The Hall–Kier alpha value is -3.10. The number of carbonyl (C=O) groups is 1. The molecule has 1 heterocycles. The van der Waals surface area contributed by atoms with Crippen LogP contribution in [0.3, 0.4) is 0 Å². The number of nitrogens with zero attached hydrogens (tertiary/aromatic N) is 2. The fourth-order valence-corrected chi connectivity index (χ4v) is 3.64. The molecule has 3 rings (SSSR count). The molecule has 5 heteroatoms. The molecule has 0 saturated carbocycles. The standard InChI is InChI=1S/C21H16N2O2S/c1-14-10-18(16-7-3-2-4-8-16)19(12-22)20(23-14)26-13-15-6-5-9-17(11-15)21(24)25/h2-11H,13H2,1H3,(H,24,25). The summed E-state index contributed by atoms with van der Waals surface area (Å²) >= 11 is 1.44. The van der Waals surface area contributed by atoms with E-state index in [-0.39, 0.29) is 5.56 Å². The number of carboxylic acid groups (broad SMARTS) is 1. The van der Waals surface area contributed by atoms with Crippen LogP contribution in [0, 0.1) is 18.3 Å². The molecule has 0 aliphatic heterocycles. The smallest absolute Gasteiger partial charge is 0.335 e. The van der Waals surface area contributed by atoms with Crippen LogP contribution in [0.1, 0.15) is 27.2 Å². The van der Waals surface area contributed by atoms with Gasteiger partial charge in [-0.15, -0.1) is 11.8 Å². The largest absolute Gasteiger partial charge is 0.478 e. The number of aromatic carboxylic acids is 1. The average Bonchev–Trinajstić information content (AvgIpc) is 2.66. The van der Waals surface area contributed by atoms with Gasteiger partial charge >= 0.3 is 5.97 Å². The molecule has 2 aromatic carbocycles. The van der Waals surface area contributed by atoms with Crippen molar-refractivity contribution in [2.45, 2.75) is 17.7 Å². The molecule has 3 aromatic rings. The summed E-state index contributed by atoms with van der Waals surface area (Å²) in [6.07, 6.45) is 0. The van der Waals surface area contributed by atoms with Crippen molar-refractivity contribution in [3.63, 3.8) is 0 Å². The van der Waals surface area contributed by atoms with Crippen LogP contribution in [-0.4, -0.2) is 16.1 Å². The molecule has 0 radical (unpaired) electrons. The van der Waals surface area contributed by atoms with Crippen molar-refractivity contribution in [2.24, 2.45) is 0 Å². The number of hydrogen-bond donors (Lipinski definition) is 1. The molecule has 0 fully saturated rings. The van der Waals surface area contributed by atoms with Crippen molar-refractivity contribution in [2.75, 3.05) is 0 Å². The molecule has 0 amide bonds. The van der Waals surface area contributed by atoms with Crippen molar-refractivity contribution in [3.8, 4) is 17.2 Å². The first kappa shape index (κ1) is 17.7. The van der Waals surface area contributed by atoms with E-state index in [1.54, 1.807) is 18.2 Å². The third-order valence-electron chi connectivity index (χ3n) is 3.86. The molecule has 0 aliphatic rings. The highest BCUT2D eigenvalue weighted by Crippen LogP contribution is 2.32. The Labute approximate surface area is 156 Å². The van der Waals surface area contributed by atoms with Gasteiger partial charge in [0.25, 0.3) is 0 Å². The molecule has 1 aromatic heterocycles. The minimum Gasteiger partial charge on any atom is -0.478 e. The third-order valence-corrected chi connectivity index (χ3v) is 4.91. The van der Waals surface area contributed by atoms with E-state index in [1.165, 1.54) is 11.8 Å². The lowest BCUT2D eigenvalue weighted by Gasteiger charge is -2.11. The van der Waals surface area contributed by atoms with E-state index < -0.39 is 5.97 Å². The molecule has 0 aliphatic carbocycles. The summed E-state index contributed by atoms with van der Waals surface area (Å²) in [5.41, 5.74) is 4.35. The van der Waals surface area contributed by atoms with E-state index in [0.29, 0.717) is 16.3 Å². The zero-order valence-electron chi connectivity index (χ0n) is 14.1. The summed E-state index contributed by atoms with van der Waals surface area (Å²) in [5, 5.41) is 19.5. The monoisotopic (exact) mass is 360 g/mol. The van der Waals surface area contributed by atoms with Crippen LogP contribution in [0.4, 0.5) is 0 Å². The average molecular weight is 360 g/mol. The summed E-state index contributed by atoms with van der Waals surface area (Å²) in [6.45, 7) is 1.91. The van der Waals surface area contributed by atoms with Crippen LogP contribution < -0.4 is 0 Å². The highest BCUT2D eigenvalue weighted by Gasteiger charge is 2.14. The SMILES string of the molecule is Cc1cc(-c2ccccc2)c(C#N)c(SCc2cccc(C(=O)O)c2)n1. The number of aryl methyl sites for hydroxylation is 1. The van der Waals surface area contributed by atoms with Gasteiger partial charge in [0.1, 0.15) is 11.1 Å². The van der Waals surface area contributed by atoms with Gasteiger partial charge in [-0.05, 0) is 36.2 Å². The number of aromatic nitrogens is 1. The van der Waals surface area contributed by atoms with Gasteiger partial charge in [0.2, 0.25) is 0 Å². The molecular formula is C21H16N2O2S. The maximum Gasteiger partial charge on any atom is 0.335 e. The summed E-state index contributed by atoms with van der Waals surface area (Å²) in [4.78, 5) is 15.6. The van der Waals surface area contributed by atoms with Crippen LogP contribution in [0.2, 0.25) is 0 Å². The summed E-state index contributed by atoms with van der Waals surface area (Å²) in [6, 6.07) is 20.8. The molecular weight excluding hydrogens is 344 g/mol. The van der Waals surface area contributed by atoms with Gasteiger partial charge in [-0.3, -0.25) is 0 Å². The maximum absolute atomic E-state index is 11.1. The van der Waals surface area contributed by atoms with Gasteiger partial charge in [0.15, 0.2) is 0 Å². The van der Waals surface area contributed by atoms with E-state index in [2.05, 4.69) is 11.1 Å². The lowest BCUT2D eigenvalue weighted by Crippen LogP contribution is -1.98. The number of pyridine rings is 1. The van der Waals surface area contributed by atoms with Crippen molar-refractivity contribution < 1.29 is 9.90 Å². The first-order valence-electron chi connectivity index (χ1n) is 8.00.